The Labute approximate surface area is 305 Å². The minimum absolute atomic E-state index is 0.0270. The van der Waals surface area contributed by atoms with Crippen LogP contribution in [0.3, 0.4) is 0 Å². The summed E-state index contributed by atoms with van der Waals surface area (Å²) in [5.41, 5.74) is 11.5. The fraction of sp³-hybridized carbons (Fsp3) is 0.500. The molecule has 3 aromatic rings. The number of allylic oxidation sites excluding steroid dienone is 1. The Kier molecular flexibility index (Phi) is 13.7. The number of hydrogen-bond donors (Lipinski definition) is 0. The first kappa shape index (κ1) is 36.3. The molecular weight excluding hydrogens is 735 g/mol. The summed E-state index contributed by atoms with van der Waals surface area (Å²) in [7, 11) is 11.4. The van der Waals surface area contributed by atoms with Crippen LogP contribution in [0, 0.1) is 13.8 Å². The van der Waals surface area contributed by atoms with Gasteiger partial charge in [-0.05, 0) is 98.9 Å². The Hall–Kier alpha value is -1.50. The molecule has 48 heavy (non-hydrogen) atoms. The normalized spacial score (nSPS) is 21.3. The predicted molar refractivity (Wildman–Crippen MR) is 210 cm³/mol. The van der Waals surface area contributed by atoms with Gasteiger partial charge in [0.05, 0.1) is 0 Å². The number of aryl methyl sites for hydroxylation is 2. The van der Waals surface area contributed by atoms with Crippen LogP contribution in [0.5, 0.6) is 0 Å². The van der Waals surface area contributed by atoms with Crippen molar-refractivity contribution < 1.29 is 13.5 Å². The zero-order chi connectivity index (χ0) is 33.3. The molecule has 0 radical (unpaired) electrons. The summed E-state index contributed by atoms with van der Waals surface area (Å²) in [5, 5.41) is 0. The molecule has 2 nitrogen and oxygen atoms in total. The summed E-state index contributed by atoms with van der Waals surface area (Å²) in [6.07, 6.45) is 20.5. The Morgan fingerprint density at radius 2 is 1.08 bits per heavy atom. The molecule has 1 aliphatic heterocycles. The van der Waals surface area contributed by atoms with Gasteiger partial charge in [-0.3, -0.25) is 0 Å². The number of hydrogen-bond acceptors (Lipinski definition) is 2. The van der Waals surface area contributed by atoms with Crippen molar-refractivity contribution in [2.45, 2.75) is 121 Å². The number of anilines is 2. The van der Waals surface area contributed by atoms with Gasteiger partial charge in [0, 0.05) is 30.1 Å². The van der Waals surface area contributed by atoms with Crippen LogP contribution in [0.4, 0.5) is 11.4 Å². The van der Waals surface area contributed by atoms with Crippen molar-refractivity contribution in [1.29, 1.82) is 0 Å². The van der Waals surface area contributed by atoms with Gasteiger partial charge in [0.15, 0.2) is 0 Å². The first-order valence-electron chi connectivity index (χ1n) is 18.6. The molecule has 260 valence electrons. The molecule has 0 N–H and O–H groups in total. The van der Waals surface area contributed by atoms with E-state index in [-0.39, 0.29) is 7.92 Å². The zero-order valence-corrected chi connectivity index (χ0v) is 33.2. The van der Waals surface area contributed by atoms with E-state index in [9.17, 15) is 0 Å². The molecule has 1 atom stereocenters. The van der Waals surface area contributed by atoms with Crippen LogP contribution in [0.25, 0.3) is 0 Å². The summed E-state index contributed by atoms with van der Waals surface area (Å²) in [6, 6.07) is 28.2. The van der Waals surface area contributed by atoms with Crippen molar-refractivity contribution in [3.63, 3.8) is 0 Å². The molecule has 0 spiro atoms. The second-order valence-corrected chi connectivity index (χ2v) is 22.9. The fourth-order valence-electron chi connectivity index (χ4n) is 8.87. The van der Waals surface area contributed by atoms with Crippen molar-refractivity contribution in [2.75, 3.05) is 22.9 Å². The third-order valence-corrected chi connectivity index (χ3v) is 17.0. The van der Waals surface area contributed by atoms with E-state index < -0.39 is 13.5 Å². The van der Waals surface area contributed by atoms with Crippen LogP contribution >= 0.6 is 27.3 Å². The van der Waals surface area contributed by atoms with Gasteiger partial charge in [0.25, 0.3) is 0 Å². The number of benzene rings is 3. The van der Waals surface area contributed by atoms with E-state index in [0.717, 1.165) is 35.6 Å². The molecule has 3 aliphatic carbocycles. The van der Waals surface area contributed by atoms with Crippen LogP contribution in [-0.4, -0.2) is 34.7 Å². The molecule has 1 unspecified atom stereocenters. The van der Waals surface area contributed by atoms with Crippen molar-refractivity contribution in [3.05, 3.63) is 107 Å². The van der Waals surface area contributed by atoms with E-state index >= 15 is 0 Å². The third kappa shape index (κ3) is 9.04. The molecule has 1 heterocycles. The molecule has 1 saturated heterocycles. The Bertz CT molecular complexity index is 1450. The maximum atomic E-state index is 5.67. The van der Waals surface area contributed by atoms with E-state index in [1.807, 2.05) is 40.5 Å². The fourth-order valence-corrected chi connectivity index (χ4v) is 15.3. The Balaban J connectivity index is 0.000000345. The Morgan fingerprint density at radius 3 is 1.58 bits per heavy atom. The predicted octanol–water partition coefficient (Wildman–Crippen LogP) is 12.7. The van der Waals surface area contributed by atoms with E-state index in [2.05, 4.69) is 72.2 Å². The second-order valence-electron chi connectivity index (χ2n) is 14.2. The van der Waals surface area contributed by atoms with E-state index in [1.54, 1.807) is 5.82 Å². The monoisotopic (exact) mass is 790 g/mol. The van der Waals surface area contributed by atoms with Crippen molar-refractivity contribution in [2.24, 2.45) is 0 Å². The molecule has 0 aromatic heterocycles. The van der Waals surface area contributed by atoms with Crippen LogP contribution < -0.4 is 9.80 Å². The van der Waals surface area contributed by atoms with E-state index in [4.69, 9.17) is 19.4 Å². The Morgan fingerprint density at radius 1 is 0.604 bits per heavy atom. The number of halogens is 2. The molecule has 3 saturated carbocycles. The molecule has 3 aromatic carbocycles. The number of rotatable bonds is 6. The molecule has 4 aliphatic rings. The standard InChI is InChI=1S/C35H49N2P.C7H6.2ClH.Ru/c1-27-15-9-12-22-32(27)36-25-26-37(33-23-13-10-16-28(33)2)35(36)31-21-11-14-24-34(31)38(29-17-5-3-6-18-29)30-19-7-4-8-20-30;1-7-5-3-2-4-6-7;;;/h9-10,12-13,15-16,22-23,29-30,34H,3-8,11,14,17-21,24-26H2,1-2H3;1-6H;2*1H;/q;;;;+2/p-2. The van der Waals surface area contributed by atoms with Gasteiger partial charge in [0.1, 0.15) is 5.82 Å². The molecular formula is C42H55Cl2N2PRu. The summed E-state index contributed by atoms with van der Waals surface area (Å²) in [5.74, 6) is 1.58. The summed E-state index contributed by atoms with van der Waals surface area (Å²) < 4.78 is 1.92. The maximum absolute atomic E-state index is 5.67. The van der Waals surface area contributed by atoms with Crippen molar-refractivity contribution in [1.82, 2.24) is 0 Å². The third-order valence-electron chi connectivity index (χ3n) is 11.1. The van der Waals surface area contributed by atoms with Gasteiger partial charge in [-0.1, -0.05) is 89.3 Å². The molecule has 6 heteroatoms. The first-order valence-corrected chi connectivity index (χ1v) is 25.6. The van der Waals surface area contributed by atoms with Gasteiger partial charge in [-0.2, -0.15) is 0 Å². The number of para-hydroxylation sites is 2. The van der Waals surface area contributed by atoms with Gasteiger partial charge >= 0.3 is 73.4 Å². The number of nitrogens with zero attached hydrogens (tertiary/aromatic N) is 2. The van der Waals surface area contributed by atoms with Crippen molar-refractivity contribution in [3.8, 4) is 0 Å². The van der Waals surface area contributed by atoms with Crippen LogP contribution in [0.2, 0.25) is 0 Å². The van der Waals surface area contributed by atoms with Crippen LogP contribution in [0.15, 0.2) is 90.3 Å². The summed E-state index contributed by atoms with van der Waals surface area (Å²) >= 11 is -1.61. The summed E-state index contributed by atoms with van der Waals surface area (Å²) in [6.45, 7) is 6.80. The average molecular weight is 791 g/mol. The molecule has 0 bridgehead atoms. The van der Waals surface area contributed by atoms with E-state index in [1.165, 1.54) is 112 Å². The van der Waals surface area contributed by atoms with Gasteiger partial charge in [0.2, 0.25) is 0 Å². The van der Waals surface area contributed by atoms with Gasteiger partial charge in [-0.15, -0.1) is 0 Å². The first-order chi connectivity index (χ1) is 23.5. The second kappa shape index (κ2) is 18.1. The molecule has 7 rings (SSSR count). The van der Waals surface area contributed by atoms with Crippen LogP contribution in [0.1, 0.15) is 107 Å². The summed E-state index contributed by atoms with van der Waals surface area (Å²) in [4.78, 5) is 5.48. The van der Waals surface area contributed by atoms with Gasteiger partial charge < -0.3 is 9.80 Å². The quantitative estimate of drug-likeness (QED) is 0.181. The topological polar surface area (TPSA) is 6.48 Å². The SMILES string of the molecule is Cc1ccccc1N1CCN(c2ccccc2C)C1=C1CCCCC1P(C1CCCCC1)C1CCCCC1.[Cl][Ru]([Cl])=[CH]c1ccccc1. The average Bonchev–Trinajstić information content (AvgIpc) is 3.55. The van der Waals surface area contributed by atoms with Crippen molar-refractivity contribution >= 4 is 43.3 Å². The van der Waals surface area contributed by atoms with E-state index in [0.29, 0.717) is 0 Å². The zero-order valence-electron chi connectivity index (χ0n) is 29.1. The minimum atomic E-state index is -1.61. The van der Waals surface area contributed by atoms with Gasteiger partial charge in [-0.25, -0.2) is 0 Å². The molecule has 4 fully saturated rings. The molecule has 0 amide bonds. The van der Waals surface area contributed by atoms with Crippen LogP contribution in [-0.2, 0) is 13.5 Å².